The highest BCUT2D eigenvalue weighted by molar-refractivity contribution is 7.15. The zero-order chi connectivity index (χ0) is 13.7. The average Bonchev–Trinajstić information content (AvgIpc) is 3.12. The van der Waals surface area contributed by atoms with Gasteiger partial charge in [-0.1, -0.05) is 0 Å². The Morgan fingerprint density at radius 3 is 3.05 bits per heavy atom. The maximum atomic E-state index is 11.2. The third kappa shape index (κ3) is 1.50. The topological polar surface area (TPSA) is 73.1 Å². The summed E-state index contributed by atoms with van der Waals surface area (Å²) in [6.45, 7) is 0.212. The molecule has 0 radical (unpaired) electrons. The molecule has 0 saturated carbocycles. The summed E-state index contributed by atoms with van der Waals surface area (Å²) in [5.41, 5.74) is 1.79. The largest absolute Gasteiger partial charge is 0.477 e. The molecule has 1 N–H and O–H groups in total. The Hall–Kier alpha value is -2.54. The third-order valence-electron chi connectivity index (χ3n) is 3.13. The molecule has 2 aromatic heterocycles. The first-order valence-electron chi connectivity index (χ1n) is 5.82. The molecule has 1 aromatic carbocycles. The predicted octanol–water partition coefficient (Wildman–Crippen LogP) is 2.49. The van der Waals surface area contributed by atoms with Crippen LogP contribution in [-0.2, 0) is 0 Å². The Labute approximate surface area is 116 Å². The van der Waals surface area contributed by atoms with Gasteiger partial charge in [0, 0.05) is 10.9 Å². The summed E-state index contributed by atoms with van der Waals surface area (Å²) in [7, 11) is 0. The lowest BCUT2D eigenvalue weighted by Crippen LogP contribution is -2.01. The van der Waals surface area contributed by atoms with Gasteiger partial charge in [-0.2, -0.15) is 0 Å². The fourth-order valence-electron chi connectivity index (χ4n) is 2.22. The van der Waals surface area contributed by atoms with Gasteiger partial charge in [-0.05, 0) is 18.2 Å². The number of fused-ring (bicyclic) bond motifs is 2. The molecular formula is C13H8N2O4S. The van der Waals surface area contributed by atoms with Crippen LogP contribution in [0.15, 0.2) is 29.8 Å². The van der Waals surface area contributed by atoms with Crippen molar-refractivity contribution in [2.24, 2.45) is 0 Å². The lowest BCUT2D eigenvalue weighted by Gasteiger charge is -2.03. The molecular weight excluding hydrogens is 280 g/mol. The number of hydrogen-bond acceptors (Lipinski definition) is 5. The lowest BCUT2D eigenvalue weighted by atomic mass is 10.1. The van der Waals surface area contributed by atoms with Crippen molar-refractivity contribution in [2.75, 3.05) is 6.79 Å². The summed E-state index contributed by atoms with van der Waals surface area (Å²) in [5, 5.41) is 11.1. The lowest BCUT2D eigenvalue weighted by molar-refractivity contribution is 0.0689. The Balaban J connectivity index is 1.94. The highest BCUT2D eigenvalue weighted by Gasteiger charge is 2.19. The van der Waals surface area contributed by atoms with Crippen LogP contribution in [0.3, 0.4) is 0 Å². The molecule has 0 amide bonds. The molecule has 0 bridgehead atoms. The van der Waals surface area contributed by atoms with Crippen LogP contribution >= 0.6 is 11.3 Å². The van der Waals surface area contributed by atoms with E-state index in [0.717, 1.165) is 11.3 Å². The molecule has 0 fully saturated rings. The number of imidazole rings is 1. The van der Waals surface area contributed by atoms with E-state index in [2.05, 4.69) is 4.98 Å². The highest BCUT2D eigenvalue weighted by Crippen LogP contribution is 2.37. The van der Waals surface area contributed by atoms with Gasteiger partial charge >= 0.3 is 5.97 Å². The van der Waals surface area contributed by atoms with Crippen LogP contribution in [0.4, 0.5) is 0 Å². The standard InChI is InChI=1S/C13H8N2O4S/c16-12(17)8-4-14-13-15(8)9(5-20-13)7-1-2-10-11(3-7)19-6-18-10/h1-5H,6H2,(H,16,17). The Morgan fingerprint density at radius 2 is 2.20 bits per heavy atom. The summed E-state index contributed by atoms with van der Waals surface area (Å²) in [4.78, 5) is 16.0. The highest BCUT2D eigenvalue weighted by atomic mass is 32.1. The fraction of sp³-hybridized carbons (Fsp3) is 0.0769. The molecule has 7 heteroatoms. The van der Waals surface area contributed by atoms with Crippen LogP contribution in [0.5, 0.6) is 11.5 Å². The SMILES string of the molecule is O=C(O)c1cnc2scc(-c3ccc4c(c3)OCO4)n12. The van der Waals surface area contributed by atoms with Gasteiger partial charge < -0.3 is 14.6 Å². The second kappa shape index (κ2) is 3.97. The van der Waals surface area contributed by atoms with Crippen molar-refractivity contribution in [3.05, 3.63) is 35.5 Å². The van der Waals surface area contributed by atoms with E-state index < -0.39 is 5.97 Å². The number of rotatable bonds is 2. The summed E-state index contributed by atoms with van der Waals surface area (Å²) < 4.78 is 12.3. The maximum Gasteiger partial charge on any atom is 0.354 e. The van der Waals surface area contributed by atoms with E-state index in [4.69, 9.17) is 9.47 Å². The van der Waals surface area contributed by atoms with Gasteiger partial charge in [-0.15, -0.1) is 11.3 Å². The van der Waals surface area contributed by atoms with E-state index in [9.17, 15) is 9.90 Å². The predicted molar refractivity (Wildman–Crippen MR) is 71.6 cm³/mol. The second-order valence-electron chi connectivity index (χ2n) is 4.26. The van der Waals surface area contributed by atoms with Gasteiger partial charge in [0.25, 0.3) is 0 Å². The first kappa shape index (κ1) is 11.3. The van der Waals surface area contributed by atoms with E-state index in [1.807, 2.05) is 23.6 Å². The zero-order valence-corrected chi connectivity index (χ0v) is 10.9. The molecule has 1 aliphatic rings. The molecule has 0 saturated heterocycles. The number of carboxylic acids is 1. The number of carboxylic acid groups (broad SMARTS) is 1. The van der Waals surface area contributed by atoms with Crippen LogP contribution in [0, 0.1) is 0 Å². The molecule has 1 aliphatic heterocycles. The van der Waals surface area contributed by atoms with Crippen LogP contribution in [0.25, 0.3) is 16.2 Å². The molecule has 0 atom stereocenters. The number of ether oxygens (including phenoxy) is 2. The Bertz CT molecular complexity index is 836. The van der Waals surface area contributed by atoms with Gasteiger partial charge in [0.1, 0.15) is 0 Å². The third-order valence-corrected chi connectivity index (χ3v) is 3.97. The minimum absolute atomic E-state index is 0.147. The van der Waals surface area contributed by atoms with Gasteiger partial charge in [0.05, 0.1) is 11.9 Å². The normalized spacial score (nSPS) is 13.0. The van der Waals surface area contributed by atoms with E-state index in [-0.39, 0.29) is 12.5 Å². The van der Waals surface area contributed by atoms with E-state index in [1.165, 1.54) is 17.5 Å². The first-order valence-corrected chi connectivity index (χ1v) is 6.70. The quantitative estimate of drug-likeness (QED) is 0.784. The minimum atomic E-state index is -1.00. The number of nitrogens with zero attached hydrogens (tertiary/aromatic N) is 2. The van der Waals surface area contributed by atoms with Gasteiger partial charge in [-0.25, -0.2) is 9.78 Å². The second-order valence-corrected chi connectivity index (χ2v) is 5.09. The molecule has 0 unspecified atom stereocenters. The van der Waals surface area contributed by atoms with Crippen molar-refractivity contribution < 1.29 is 19.4 Å². The van der Waals surface area contributed by atoms with Crippen molar-refractivity contribution in [1.29, 1.82) is 0 Å². The van der Waals surface area contributed by atoms with Crippen molar-refractivity contribution in [2.45, 2.75) is 0 Å². The van der Waals surface area contributed by atoms with Crippen molar-refractivity contribution >= 4 is 22.3 Å². The van der Waals surface area contributed by atoms with Crippen molar-refractivity contribution in [3.8, 4) is 22.8 Å². The van der Waals surface area contributed by atoms with Crippen LogP contribution in [0.1, 0.15) is 10.5 Å². The van der Waals surface area contributed by atoms with Crippen LogP contribution < -0.4 is 9.47 Å². The van der Waals surface area contributed by atoms with E-state index >= 15 is 0 Å². The maximum absolute atomic E-state index is 11.2. The molecule has 6 nitrogen and oxygen atoms in total. The van der Waals surface area contributed by atoms with Crippen molar-refractivity contribution in [1.82, 2.24) is 9.38 Å². The van der Waals surface area contributed by atoms with Gasteiger partial charge in [0.2, 0.25) is 6.79 Å². The van der Waals surface area contributed by atoms with E-state index in [1.54, 1.807) is 4.40 Å². The fourth-order valence-corrected chi connectivity index (χ4v) is 3.09. The summed E-state index contributed by atoms with van der Waals surface area (Å²) in [6.07, 6.45) is 1.37. The minimum Gasteiger partial charge on any atom is -0.477 e. The Morgan fingerprint density at radius 1 is 1.35 bits per heavy atom. The molecule has 20 heavy (non-hydrogen) atoms. The van der Waals surface area contributed by atoms with Crippen molar-refractivity contribution in [3.63, 3.8) is 0 Å². The number of benzene rings is 1. The molecule has 100 valence electrons. The molecule has 0 spiro atoms. The van der Waals surface area contributed by atoms with Crippen LogP contribution in [0.2, 0.25) is 0 Å². The average molecular weight is 288 g/mol. The summed E-state index contributed by atoms with van der Waals surface area (Å²) >= 11 is 1.40. The number of carbonyl (C=O) groups is 1. The molecule has 3 aromatic rings. The smallest absolute Gasteiger partial charge is 0.354 e. The van der Waals surface area contributed by atoms with E-state index in [0.29, 0.717) is 16.5 Å². The number of aromatic nitrogens is 2. The molecule has 3 heterocycles. The monoisotopic (exact) mass is 288 g/mol. The first-order chi connectivity index (χ1) is 9.74. The number of aromatic carboxylic acids is 1. The Kier molecular flexibility index (Phi) is 2.25. The number of thiazole rings is 1. The molecule has 4 rings (SSSR count). The number of hydrogen-bond donors (Lipinski definition) is 1. The zero-order valence-electron chi connectivity index (χ0n) is 10.1. The van der Waals surface area contributed by atoms with Crippen LogP contribution in [-0.4, -0.2) is 27.3 Å². The summed E-state index contributed by atoms with van der Waals surface area (Å²) in [5.74, 6) is 0.362. The van der Waals surface area contributed by atoms with Gasteiger partial charge in [-0.3, -0.25) is 4.40 Å². The van der Waals surface area contributed by atoms with Gasteiger partial charge in [0.15, 0.2) is 22.2 Å². The molecule has 0 aliphatic carbocycles. The summed E-state index contributed by atoms with van der Waals surface area (Å²) in [6, 6.07) is 5.54.